The molecule has 0 aromatic carbocycles. The summed E-state index contributed by atoms with van der Waals surface area (Å²) in [6, 6.07) is 0. The lowest BCUT2D eigenvalue weighted by molar-refractivity contribution is -0.143. The van der Waals surface area contributed by atoms with Crippen LogP contribution in [-0.4, -0.2) is 15.2 Å². The summed E-state index contributed by atoms with van der Waals surface area (Å²) in [6.07, 6.45) is 8.71. The van der Waals surface area contributed by atoms with E-state index < -0.39 is 0 Å². The van der Waals surface area contributed by atoms with Crippen LogP contribution in [0.25, 0.3) is 0 Å². The maximum Gasteiger partial charge on any atom is 0.256 e. The van der Waals surface area contributed by atoms with Crippen LogP contribution in [0.4, 0.5) is 0 Å². The van der Waals surface area contributed by atoms with Crippen molar-refractivity contribution in [1.82, 2.24) is 4.09 Å². The summed E-state index contributed by atoms with van der Waals surface area (Å²) >= 11 is 2.68. The van der Waals surface area contributed by atoms with E-state index in [9.17, 15) is 4.79 Å². The van der Waals surface area contributed by atoms with Gasteiger partial charge in [0.2, 0.25) is 0 Å². The zero-order valence-electron chi connectivity index (χ0n) is 8.84. The van der Waals surface area contributed by atoms with Crippen LogP contribution in [0.3, 0.4) is 0 Å². The molecule has 3 nitrogen and oxygen atoms in total. The third-order valence-electron chi connectivity index (χ3n) is 2.20. The minimum atomic E-state index is -0.265. The Balaban J connectivity index is 3.10. The van der Waals surface area contributed by atoms with Gasteiger partial charge in [0.05, 0.1) is 16.1 Å². The highest BCUT2D eigenvalue weighted by Gasteiger charge is 2.05. The molecule has 0 bridgehead atoms. The second-order valence-electron chi connectivity index (χ2n) is 3.53. The van der Waals surface area contributed by atoms with E-state index >= 15 is 0 Å². The van der Waals surface area contributed by atoms with Crippen molar-refractivity contribution in [1.29, 1.82) is 0 Å². The van der Waals surface area contributed by atoms with Crippen molar-refractivity contribution >= 4 is 22.1 Å². The molecule has 84 valence electrons. The summed E-state index contributed by atoms with van der Waals surface area (Å²) in [7, 11) is 0. The number of unbranched alkanes of at least 4 members (excludes halogenated alkanes) is 6. The number of hydrogen-bond donors (Lipinski definition) is 1. The monoisotopic (exact) mass is 265 g/mol. The molecule has 1 N–H and O–H groups in total. The first-order chi connectivity index (χ1) is 6.68. The molecule has 0 spiro atoms. The predicted octanol–water partition coefficient (Wildman–Crippen LogP) is 3.65. The SMILES string of the molecule is CCCCCCCCCC(=O)N(O)Br. The Kier molecular flexibility index (Phi) is 9.40. The average Bonchev–Trinajstić information content (AvgIpc) is 2.16. The smallest absolute Gasteiger partial charge is 0.256 e. The van der Waals surface area contributed by atoms with Gasteiger partial charge in [0.15, 0.2) is 0 Å². The minimum Gasteiger partial charge on any atom is -0.275 e. The Labute approximate surface area is 94.8 Å². The molecule has 0 radical (unpaired) electrons. The molecule has 0 atom stereocenters. The van der Waals surface area contributed by atoms with Gasteiger partial charge in [-0.3, -0.25) is 10.0 Å². The van der Waals surface area contributed by atoms with E-state index in [1.165, 1.54) is 32.1 Å². The molecule has 0 aromatic rings. The predicted molar refractivity (Wildman–Crippen MR) is 60.2 cm³/mol. The van der Waals surface area contributed by atoms with Gasteiger partial charge in [0.25, 0.3) is 5.91 Å². The molecule has 0 saturated heterocycles. The quantitative estimate of drug-likeness (QED) is 0.315. The maximum atomic E-state index is 10.9. The van der Waals surface area contributed by atoms with Gasteiger partial charge in [-0.1, -0.05) is 45.4 Å². The van der Waals surface area contributed by atoms with Crippen molar-refractivity contribution in [2.75, 3.05) is 0 Å². The molecule has 0 saturated carbocycles. The van der Waals surface area contributed by atoms with Crippen molar-refractivity contribution in [3.8, 4) is 0 Å². The molecule has 0 aliphatic heterocycles. The first kappa shape index (κ1) is 13.9. The third-order valence-corrected chi connectivity index (χ3v) is 2.60. The van der Waals surface area contributed by atoms with Gasteiger partial charge in [0, 0.05) is 6.42 Å². The van der Waals surface area contributed by atoms with E-state index in [-0.39, 0.29) is 5.91 Å². The number of rotatable bonds is 8. The number of nitrogens with zero attached hydrogens (tertiary/aromatic N) is 1. The van der Waals surface area contributed by atoms with Gasteiger partial charge >= 0.3 is 0 Å². The van der Waals surface area contributed by atoms with Crippen molar-refractivity contribution in [3.63, 3.8) is 0 Å². The first-order valence-electron chi connectivity index (χ1n) is 5.36. The summed E-state index contributed by atoms with van der Waals surface area (Å²) in [5, 5.41) is 8.69. The van der Waals surface area contributed by atoms with Crippen LogP contribution in [0, 0.1) is 0 Å². The van der Waals surface area contributed by atoms with Gasteiger partial charge in [0.1, 0.15) is 0 Å². The van der Waals surface area contributed by atoms with E-state index in [1.807, 2.05) is 0 Å². The van der Waals surface area contributed by atoms with Crippen LogP contribution >= 0.6 is 16.1 Å². The van der Waals surface area contributed by atoms with Crippen molar-refractivity contribution in [2.24, 2.45) is 0 Å². The maximum absolute atomic E-state index is 10.9. The van der Waals surface area contributed by atoms with Crippen LogP contribution in [-0.2, 0) is 4.79 Å². The lowest BCUT2D eigenvalue weighted by Gasteiger charge is -2.04. The van der Waals surface area contributed by atoms with Crippen LogP contribution < -0.4 is 0 Å². The van der Waals surface area contributed by atoms with Crippen LogP contribution in [0.15, 0.2) is 0 Å². The molecule has 0 unspecified atom stereocenters. The molecule has 0 aromatic heterocycles. The largest absolute Gasteiger partial charge is 0.275 e. The van der Waals surface area contributed by atoms with E-state index in [0.29, 0.717) is 10.5 Å². The zero-order chi connectivity index (χ0) is 10.8. The Morgan fingerprint density at radius 3 is 2.14 bits per heavy atom. The number of hydrogen-bond acceptors (Lipinski definition) is 2. The fourth-order valence-corrected chi connectivity index (χ4v) is 1.50. The fraction of sp³-hybridized carbons (Fsp3) is 0.900. The van der Waals surface area contributed by atoms with E-state index in [2.05, 4.69) is 23.1 Å². The molecule has 0 rings (SSSR count). The number of amides is 1. The summed E-state index contributed by atoms with van der Waals surface area (Å²) in [6.45, 7) is 2.20. The lowest BCUT2D eigenvalue weighted by Crippen LogP contribution is -2.15. The van der Waals surface area contributed by atoms with E-state index in [0.717, 1.165) is 12.8 Å². The van der Waals surface area contributed by atoms with Gasteiger partial charge in [-0.2, -0.15) is 4.09 Å². The number of hydroxylamine groups is 1. The molecular weight excluding hydrogens is 246 g/mol. The lowest BCUT2D eigenvalue weighted by atomic mass is 10.1. The molecule has 0 fully saturated rings. The van der Waals surface area contributed by atoms with Crippen LogP contribution in [0.1, 0.15) is 58.3 Å². The van der Waals surface area contributed by atoms with Crippen molar-refractivity contribution in [2.45, 2.75) is 58.3 Å². The fourth-order valence-electron chi connectivity index (χ4n) is 1.33. The Hall–Kier alpha value is -0.0900. The highest BCUT2D eigenvalue weighted by Crippen LogP contribution is 2.09. The first-order valence-corrected chi connectivity index (χ1v) is 6.07. The second kappa shape index (κ2) is 9.46. The summed E-state index contributed by atoms with van der Waals surface area (Å²) in [5.74, 6) is -0.265. The third kappa shape index (κ3) is 8.51. The molecule has 0 aliphatic rings. The standard InChI is InChI=1S/C10H20BrNO2/c1-2-3-4-5-6-7-8-9-10(13)12(11)14/h14H,2-9H2,1H3. The molecule has 4 heteroatoms. The normalized spacial score (nSPS) is 10.2. The summed E-state index contributed by atoms with van der Waals surface area (Å²) in [4.78, 5) is 10.9. The molecule has 0 heterocycles. The molecule has 14 heavy (non-hydrogen) atoms. The zero-order valence-corrected chi connectivity index (χ0v) is 10.4. The average molecular weight is 266 g/mol. The second-order valence-corrected chi connectivity index (χ2v) is 4.20. The Bertz CT molecular complexity index is 151. The van der Waals surface area contributed by atoms with Crippen molar-refractivity contribution in [3.05, 3.63) is 0 Å². The van der Waals surface area contributed by atoms with Gasteiger partial charge in [-0.15, -0.1) is 0 Å². The van der Waals surface area contributed by atoms with Gasteiger partial charge in [-0.05, 0) is 6.42 Å². The van der Waals surface area contributed by atoms with Crippen molar-refractivity contribution < 1.29 is 10.0 Å². The Morgan fingerprint density at radius 1 is 1.14 bits per heavy atom. The molecule has 0 aliphatic carbocycles. The van der Waals surface area contributed by atoms with Gasteiger partial charge < -0.3 is 0 Å². The summed E-state index contributed by atoms with van der Waals surface area (Å²) < 4.78 is 0.490. The Morgan fingerprint density at radius 2 is 1.64 bits per heavy atom. The van der Waals surface area contributed by atoms with E-state index in [1.54, 1.807) is 0 Å². The van der Waals surface area contributed by atoms with Gasteiger partial charge in [-0.25, -0.2) is 0 Å². The van der Waals surface area contributed by atoms with E-state index in [4.69, 9.17) is 5.21 Å². The number of carbonyl (C=O) groups is 1. The highest BCUT2D eigenvalue weighted by molar-refractivity contribution is 9.07. The topological polar surface area (TPSA) is 40.5 Å². The minimum absolute atomic E-state index is 0.265. The number of carbonyl (C=O) groups excluding carboxylic acids is 1. The molecular formula is C10H20BrNO2. The molecule has 1 amide bonds. The van der Waals surface area contributed by atoms with Crippen LogP contribution in [0.5, 0.6) is 0 Å². The highest BCUT2D eigenvalue weighted by atomic mass is 79.9. The van der Waals surface area contributed by atoms with Crippen LogP contribution in [0.2, 0.25) is 0 Å². The summed E-state index contributed by atoms with van der Waals surface area (Å²) in [5.41, 5.74) is 0. The number of halogens is 1.